The van der Waals surface area contributed by atoms with Gasteiger partial charge >= 0.3 is 0 Å². The molecule has 3 aliphatic rings. The summed E-state index contributed by atoms with van der Waals surface area (Å²) in [6.07, 6.45) is 5.71. The number of nitrogens with one attached hydrogen (secondary N) is 2. The van der Waals surface area contributed by atoms with E-state index in [0.717, 1.165) is 29.7 Å². The zero-order valence-electron chi connectivity index (χ0n) is 18.9. The van der Waals surface area contributed by atoms with Gasteiger partial charge in [-0.05, 0) is 48.6 Å². The fourth-order valence-corrected chi connectivity index (χ4v) is 5.25. The molecule has 0 spiro atoms. The Hall–Kier alpha value is -3.12. The number of carbonyl (C=O) groups is 2. The molecule has 1 aliphatic carbocycles. The normalized spacial score (nSPS) is 25.0. The summed E-state index contributed by atoms with van der Waals surface area (Å²) in [5.41, 5.74) is 4.60. The van der Waals surface area contributed by atoms with Crippen LogP contribution < -0.4 is 10.6 Å². The average molecular weight is 446 g/mol. The van der Waals surface area contributed by atoms with Crippen molar-refractivity contribution in [1.82, 2.24) is 10.2 Å². The van der Waals surface area contributed by atoms with E-state index >= 15 is 0 Å². The van der Waals surface area contributed by atoms with Crippen molar-refractivity contribution in [2.75, 3.05) is 5.32 Å². The van der Waals surface area contributed by atoms with Gasteiger partial charge in [0.2, 0.25) is 5.91 Å². The van der Waals surface area contributed by atoms with Gasteiger partial charge in [0.15, 0.2) is 0 Å². The molecule has 5 rings (SSSR count). The van der Waals surface area contributed by atoms with Crippen molar-refractivity contribution in [2.24, 2.45) is 0 Å². The van der Waals surface area contributed by atoms with Crippen molar-refractivity contribution in [2.45, 2.75) is 69.9 Å². The Kier molecular flexibility index (Phi) is 6.18. The second kappa shape index (κ2) is 9.40. The van der Waals surface area contributed by atoms with E-state index in [9.17, 15) is 9.59 Å². The molecule has 2 aromatic rings. The van der Waals surface area contributed by atoms with E-state index in [4.69, 9.17) is 4.74 Å². The van der Waals surface area contributed by atoms with Crippen molar-refractivity contribution >= 4 is 17.5 Å². The van der Waals surface area contributed by atoms with Crippen molar-refractivity contribution in [3.05, 3.63) is 77.5 Å². The van der Waals surface area contributed by atoms with Gasteiger partial charge in [0.25, 0.3) is 5.91 Å². The molecular weight excluding hydrogens is 414 g/mol. The molecule has 2 amide bonds. The van der Waals surface area contributed by atoms with Crippen LogP contribution in [0.5, 0.6) is 0 Å². The van der Waals surface area contributed by atoms with Crippen LogP contribution >= 0.6 is 0 Å². The number of ether oxygens (including phenoxy) is 1. The number of benzene rings is 2. The van der Waals surface area contributed by atoms with Crippen LogP contribution in [0.2, 0.25) is 0 Å². The van der Waals surface area contributed by atoms with Gasteiger partial charge in [0.1, 0.15) is 0 Å². The molecule has 0 aromatic heterocycles. The van der Waals surface area contributed by atoms with E-state index in [1.807, 2.05) is 35.2 Å². The van der Waals surface area contributed by atoms with Crippen molar-refractivity contribution in [1.29, 1.82) is 0 Å². The lowest BCUT2D eigenvalue weighted by Gasteiger charge is -2.33. The van der Waals surface area contributed by atoms with Gasteiger partial charge in [-0.2, -0.15) is 0 Å². The van der Waals surface area contributed by atoms with E-state index in [1.54, 1.807) is 0 Å². The number of piperidine rings is 1. The third-order valence-corrected chi connectivity index (χ3v) is 7.02. The van der Waals surface area contributed by atoms with Gasteiger partial charge in [-0.3, -0.25) is 9.59 Å². The summed E-state index contributed by atoms with van der Waals surface area (Å²) >= 11 is 0. The molecule has 6 heteroatoms. The quantitative estimate of drug-likeness (QED) is 0.693. The Balaban J connectivity index is 1.25. The molecule has 2 fully saturated rings. The van der Waals surface area contributed by atoms with Crippen LogP contribution in [0.15, 0.2) is 60.8 Å². The Morgan fingerprint density at radius 2 is 1.88 bits per heavy atom. The summed E-state index contributed by atoms with van der Waals surface area (Å²) in [7, 11) is 0. The number of hydrogen-bond acceptors (Lipinski definition) is 4. The second-order valence-electron chi connectivity index (χ2n) is 9.30. The molecule has 2 aliphatic heterocycles. The smallest absolute Gasteiger partial charge is 0.255 e. The van der Waals surface area contributed by atoms with Crippen LogP contribution in [0.25, 0.3) is 0 Å². The molecule has 33 heavy (non-hydrogen) atoms. The van der Waals surface area contributed by atoms with Crippen LogP contribution in [0.3, 0.4) is 0 Å². The first-order valence-corrected chi connectivity index (χ1v) is 11.9. The van der Waals surface area contributed by atoms with Crippen LogP contribution in [0.1, 0.15) is 60.0 Å². The lowest BCUT2D eigenvalue weighted by molar-refractivity contribution is -0.121. The number of carbonyl (C=O) groups excluding carboxylic acids is 2. The molecule has 1 saturated heterocycles. The fourth-order valence-electron chi connectivity index (χ4n) is 5.25. The van der Waals surface area contributed by atoms with Crippen LogP contribution in [0, 0.1) is 0 Å². The molecule has 172 valence electrons. The highest BCUT2D eigenvalue weighted by molar-refractivity contribution is 5.99. The van der Waals surface area contributed by atoms with Gasteiger partial charge in [0, 0.05) is 29.9 Å². The lowest BCUT2D eigenvalue weighted by atomic mass is 9.92. The molecule has 6 nitrogen and oxygen atoms in total. The molecule has 0 bridgehead atoms. The third-order valence-electron chi connectivity index (χ3n) is 7.02. The summed E-state index contributed by atoms with van der Waals surface area (Å²) < 4.78 is 6.31. The van der Waals surface area contributed by atoms with Gasteiger partial charge in [-0.1, -0.05) is 49.8 Å². The van der Waals surface area contributed by atoms with Crippen LogP contribution in [-0.2, 0) is 22.7 Å². The Labute approximate surface area is 195 Å². The van der Waals surface area contributed by atoms with Gasteiger partial charge in [0.05, 0.1) is 24.8 Å². The zero-order chi connectivity index (χ0) is 22.8. The lowest BCUT2D eigenvalue weighted by Crippen LogP contribution is -2.45. The van der Waals surface area contributed by atoms with Crippen molar-refractivity contribution in [3.63, 3.8) is 0 Å². The number of nitrogens with zero attached hydrogens (tertiary/aromatic N) is 1. The first-order chi connectivity index (χ1) is 16.1. The van der Waals surface area contributed by atoms with E-state index < -0.39 is 0 Å². The number of amides is 2. The maximum atomic E-state index is 13.0. The molecule has 3 atom stereocenters. The molecule has 2 aromatic carbocycles. The number of hydrogen-bond donors (Lipinski definition) is 2. The SMILES string of the molecule is C=C1NC(=O)CCC1N1Cc2cc(N[C@@H]3CCCC[C@@H]3OCc3ccccc3)ccc2C1=O. The average Bonchev–Trinajstić information content (AvgIpc) is 3.14. The standard InChI is InChI=1S/C27H31N3O3/c1-18-24(13-14-26(31)28-18)30-16-20-15-21(11-12-22(20)27(30)32)29-23-9-5-6-10-25(23)33-17-19-7-3-2-4-8-19/h2-4,7-8,11-12,15,23-25,29H,1,5-6,9-10,13-14,16-17H2,(H,28,31)/t23-,24?,25+/m1/s1. The maximum Gasteiger partial charge on any atom is 0.255 e. The molecule has 1 unspecified atom stereocenters. The summed E-state index contributed by atoms with van der Waals surface area (Å²) in [5, 5.41) is 6.49. The van der Waals surface area contributed by atoms with E-state index in [1.165, 1.54) is 18.4 Å². The predicted octanol–water partition coefficient (Wildman–Crippen LogP) is 4.37. The summed E-state index contributed by atoms with van der Waals surface area (Å²) in [5.74, 6) is -0.0102. The fraction of sp³-hybridized carbons (Fsp3) is 0.407. The van der Waals surface area contributed by atoms with Crippen molar-refractivity contribution in [3.8, 4) is 0 Å². The molecule has 0 radical (unpaired) electrons. The largest absolute Gasteiger partial charge is 0.380 e. The highest BCUT2D eigenvalue weighted by Gasteiger charge is 2.36. The Morgan fingerprint density at radius 1 is 1.06 bits per heavy atom. The number of fused-ring (bicyclic) bond motifs is 1. The summed E-state index contributed by atoms with van der Waals surface area (Å²) in [6, 6.07) is 16.4. The van der Waals surface area contributed by atoms with Gasteiger partial charge < -0.3 is 20.3 Å². The topological polar surface area (TPSA) is 70.7 Å². The highest BCUT2D eigenvalue weighted by Crippen LogP contribution is 2.32. The molecule has 1 saturated carbocycles. The zero-order valence-corrected chi connectivity index (χ0v) is 18.9. The maximum absolute atomic E-state index is 13.0. The van der Waals surface area contributed by atoms with E-state index in [-0.39, 0.29) is 30.0 Å². The highest BCUT2D eigenvalue weighted by atomic mass is 16.5. The van der Waals surface area contributed by atoms with E-state index in [2.05, 4.69) is 35.4 Å². The minimum atomic E-state index is -0.145. The third kappa shape index (κ3) is 4.67. The summed E-state index contributed by atoms with van der Waals surface area (Å²) in [6.45, 7) is 5.15. The van der Waals surface area contributed by atoms with Gasteiger partial charge in [-0.15, -0.1) is 0 Å². The molecular formula is C27H31N3O3. The Morgan fingerprint density at radius 3 is 2.70 bits per heavy atom. The minimum Gasteiger partial charge on any atom is -0.380 e. The number of anilines is 1. The van der Waals surface area contributed by atoms with Crippen molar-refractivity contribution < 1.29 is 14.3 Å². The summed E-state index contributed by atoms with van der Waals surface area (Å²) in [4.78, 5) is 26.5. The first-order valence-electron chi connectivity index (χ1n) is 11.9. The number of rotatable bonds is 6. The molecule has 2 heterocycles. The van der Waals surface area contributed by atoms with Crippen LogP contribution in [-0.4, -0.2) is 34.9 Å². The first kappa shape index (κ1) is 21.7. The minimum absolute atomic E-state index is 0.0144. The van der Waals surface area contributed by atoms with Crippen LogP contribution in [0.4, 0.5) is 5.69 Å². The molecule has 2 N–H and O–H groups in total. The van der Waals surface area contributed by atoms with E-state index in [0.29, 0.717) is 31.7 Å². The van der Waals surface area contributed by atoms with Gasteiger partial charge in [-0.25, -0.2) is 0 Å². The monoisotopic (exact) mass is 445 g/mol. The second-order valence-corrected chi connectivity index (χ2v) is 9.30. The predicted molar refractivity (Wildman–Crippen MR) is 128 cm³/mol. The Bertz CT molecular complexity index is 1050.